The van der Waals surface area contributed by atoms with E-state index in [-0.39, 0.29) is 0 Å². The zero-order chi connectivity index (χ0) is 12.6. The van der Waals surface area contributed by atoms with Crippen molar-refractivity contribution in [3.63, 3.8) is 0 Å². The number of hydrogen-bond acceptors (Lipinski definition) is 5. The third kappa shape index (κ3) is 3.49. The number of para-hydroxylation sites is 1. The van der Waals surface area contributed by atoms with Crippen LogP contribution in [0.5, 0.6) is 6.01 Å². The average Bonchev–Trinajstić information content (AvgIpc) is 2.98. The van der Waals surface area contributed by atoms with Crippen LogP contribution in [-0.4, -0.2) is 21.6 Å². The maximum atomic E-state index is 5.19. The van der Waals surface area contributed by atoms with Crippen LogP contribution in [0.4, 0.5) is 0 Å². The van der Waals surface area contributed by atoms with Crippen LogP contribution in [0.3, 0.4) is 0 Å². The van der Waals surface area contributed by atoms with Crippen LogP contribution in [0.25, 0.3) is 10.9 Å². The molecule has 0 amide bonds. The lowest BCUT2D eigenvalue weighted by molar-refractivity contribution is 0.314. The van der Waals surface area contributed by atoms with Crippen molar-refractivity contribution >= 4 is 22.2 Å². The zero-order valence-corrected chi connectivity index (χ0v) is 10.8. The molecule has 0 saturated heterocycles. The molecule has 0 atom stereocenters. The Bertz CT molecular complexity index is 566. The van der Waals surface area contributed by atoms with Crippen LogP contribution in [0.15, 0.2) is 47.5 Å². The van der Waals surface area contributed by atoms with E-state index in [1.54, 1.807) is 29.2 Å². The number of aromatic nitrogens is 3. The summed E-state index contributed by atoms with van der Waals surface area (Å²) in [4.78, 5) is 12.0. The maximum absolute atomic E-state index is 5.19. The van der Waals surface area contributed by atoms with Crippen LogP contribution in [0.2, 0.25) is 0 Å². The van der Waals surface area contributed by atoms with E-state index in [0.29, 0.717) is 12.6 Å². The van der Waals surface area contributed by atoms with Crippen molar-refractivity contribution in [2.24, 2.45) is 0 Å². The number of nitrogens with zero attached hydrogens (tertiary/aromatic N) is 3. The first-order valence-corrected chi connectivity index (χ1v) is 6.51. The minimum absolute atomic E-state index is 0.446. The quantitative estimate of drug-likeness (QED) is 0.709. The summed E-state index contributed by atoms with van der Waals surface area (Å²) in [6.07, 6.45) is 3.54. The molecular formula is C13H13N3OS. The van der Waals surface area contributed by atoms with E-state index in [2.05, 4.69) is 15.0 Å². The average molecular weight is 259 g/mol. The second kappa shape index (κ2) is 6.66. The van der Waals surface area contributed by atoms with Gasteiger partial charge in [0.1, 0.15) is 0 Å². The monoisotopic (exact) mass is 259 g/mol. The highest BCUT2D eigenvalue weighted by Gasteiger charge is 1.97. The predicted molar refractivity (Wildman–Crippen MR) is 72.8 cm³/mol. The SMILES string of the molecule is CCOc1ncc2ccccc2n1.c1cscn1. The summed E-state index contributed by atoms with van der Waals surface area (Å²) in [5.41, 5.74) is 2.71. The smallest absolute Gasteiger partial charge is 0.316 e. The van der Waals surface area contributed by atoms with Gasteiger partial charge in [0, 0.05) is 23.2 Å². The van der Waals surface area contributed by atoms with E-state index >= 15 is 0 Å². The van der Waals surface area contributed by atoms with E-state index in [4.69, 9.17) is 4.74 Å². The van der Waals surface area contributed by atoms with Gasteiger partial charge in [-0.2, -0.15) is 4.98 Å². The van der Waals surface area contributed by atoms with Gasteiger partial charge in [-0.05, 0) is 13.0 Å². The summed E-state index contributed by atoms with van der Waals surface area (Å²) >= 11 is 1.60. The lowest BCUT2D eigenvalue weighted by Crippen LogP contribution is -1.96. The molecule has 0 aliphatic carbocycles. The maximum Gasteiger partial charge on any atom is 0.316 e. The van der Waals surface area contributed by atoms with Gasteiger partial charge < -0.3 is 4.74 Å². The number of benzene rings is 1. The molecule has 0 saturated carbocycles. The molecule has 0 N–H and O–H groups in total. The molecular weight excluding hydrogens is 246 g/mol. The van der Waals surface area contributed by atoms with E-state index < -0.39 is 0 Å². The molecule has 0 unspecified atom stereocenters. The molecule has 92 valence electrons. The highest BCUT2D eigenvalue weighted by atomic mass is 32.1. The summed E-state index contributed by atoms with van der Waals surface area (Å²) in [6.45, 7) is 2.51. The molecule has 5 heteroatoms. The molecule has 1 aromatic carbocycles. The predicted octanol–water partition coefficient (Wildman–Crippen LogP) is 3.17. The Labute approximate surface area is 109 Å². The number of hydrogen-bond donors (Lipinski definition) is 0. The zero-order valence-electron chi connectivity index (χ0n) is 9.98. The summed E-state index contributed by atoms with van der Waals surface area (Å²) in [5.74, 6) is 0. The van der Waals surface area contributed by atoms with Gasteiger partial charge in [0.05, 0.1) is 17.6 Å². The normalized spacial score (nSPS) is 9.61. The Hall–Kier alpha value is -2.01. The molecule has 3 rings (SSSR count). The van der Waals surface area contributed by atoms with E-state index in [9.17, 15) is 0 Å². The second-order valence-electron chi connectivity index (χ2n) is 3.32. The molecule has 0 radical (unpaired) electrons. The summed E-state index contributed by atoms with van der Waals surface area (Å²) in [5, 5.41) is 2.96. The molecule has 0 fully saturated rings. The van der Waals surface area contributed by atoms with Gasteiger partial charge in [0.25, 0.3) is 0 Å². The fraction of sp³-hybridized carbons (Fsp3) is 0.154. The van der Waals surface area contributed by atoms with Crippen molar-refractivity contribution in [2.75, 3.05) is 6.61 Å². The van der Waals surface area contributed by atoms with Gasteiger partial charge in [0.2, 0.25) is 0 Å². The third-order valence-electron chi connectivity index (χ3n) is 2.09. The van der Waals surface area contributed by atoms with E-state index in [0.717, 1.165) is 10.9 Å². The minimum Gasteiger partial charge on any atom is -0.464 e. The molecule has 3 aromatic rings. The molecule has 2 aromatic heterocycles. The second-order valence-corrected chi connectivity index (χ2v) is 4.08. The van der Waals surface area contributed by atoms with Crippen molar-refractivity contribution in [3.05, 3.63) is 47.5 Å². The van der Waals surface area contributed by atoms with Crippen LogP contribution in [0, 0.1) is 0 Å². The van der Waals surface area contributed by atoms with Gasteiger partial charge in [0.15, 0.2) is 0 Å². The Morgan fingerprint density at radius 3 is 2.83 bits per heavy atom. The minimum atomic E-state index is 0.446. The van der Waals surface area contributed by atoms with Gasteiger partial charge in [-0.1, -0.05) is 18.2 Å². The third-order valence-corrected chi connectivity index (χ3v) is 2.61. The van der Waals surface area contributed by atoms with Crippen molar-refractivity contribution in [1.29, 1.82) is 0 Å². The number of ether oxygens (including phenoxy) is 1. The number of fused-ring (bicyclic) bond motifs is 1. The Kier molecular flexibility index (Phi) is 4.60. The molecule has 0 bridgehead atoms. The largest absolute Gasteiger partial charge is 0.464 e. The van der Waals surface area contributed by atoms with Crippen molar-refractivity contribution in [1.82, 2.24) is 15.0 Å². The first-order chi connectivity index (χ1) is 8.90. The fourth-order valence-electron chi connectivity index (χ4n) is 1.33. The lowest BCUT2D eigenvalue weighted by Gasteiger charge is -2.01. The van der Waals surface area contributed by atoms with Gasteiger partial charge in [-0.15, -0.1) is 11.3 Å². The lowest BCUT2D eigenvalue weighted by atomic mass is 10.2. The first kappa shape index (κ1) is 12.4. The van der Waals surface area contributed by atoms with Gasteiger partial charge >= 0.3 is 6.01 Å². The van der Waals surface area contributed by atoms with Crippen LogP contribution >= 0.6 is 11.3 Å². The first-order valence-electron chi connectivity index (χ1n) is 5.57. The summed E-state index contributed by atoms with van der Waals surface area (Å²) in [7, 11) is 0. The van der Waals surface area contributed by atoms with E-state index in [1.165, 1.54) is 0 Å². The molecule has 0 spiro atoms. The summed E-state index contributed by atoms with van der Waals surface area (Å²) in [6, 6.07) is 8.28. The van der Waals surface area contributed by atoms with Crippen LogP contribution in [-0.2, 0) is 0 Å². The van der Waals surface area contributed by atoms with Gasteiger partial charge in [-0.25, -0.2) is 4.98 Å². The Balaban J connectivity index is 0.000000202. The number of thiazole rings is 1. The Morgan fingerprint density at radius 1 is 1.28 bits per heavy atom. The van der Waals surface area contributed by atoms with Gasteiger partial charge in [-0.3, -0.25) is 4.98 Å². The van der Waals surface area contributed by atoms with Crippen molar-refractivity contribution < 1.29 is 4.74 Å². The van der Waals surface area contributed by atoms with Crippen molar-refractivity contribution in [3.8, 4) is 6.01 Å². The van der Waals surface area contributed by atoms with Crippen LogP contribution in [0.1, 0.15) is 6.92 Å². The highest BCUT2D eigenvalue weighted by molar-refractivity contribution is 7.07. The fourth-order valence-corrected chi connectivity index (χ4v) is 1.68. The molecule has 0 aliphatic heterocycles. The molecule has 18 heavy (non-hydrogen) atoms. The standard InChI is InChI=1S/C10H10N2O.C3H3NS/c1-2-13-10-11-7-8-5-3-4-6-9(8)12-10;1-2-5-3-4-1/h3-7H,2H2,1H3;1-3H. The molecule has 4 nitrogen and oxygen atoms in total. The van der Waals surface area contributed by atoms with Crippen molar-refractivity contribution in [2.45, 2.75) is 6.92 Å². The number of rotatable bonds is 2. The highest BCUT2D eigenvalue weighted by Crippen LogP contribution is 2.12. The Morgan fingerprint density at radius 2 is 2.17 bits per heavy atom. The molecule has 2 heterocycles. The van der Waals surface area contributed by atoms with Crippen LogP contribution < -0.4 is 4.74 Å². The summed E-state index contributed by atoms with van der Waals surface area (Å²) < 4.78 is 5.19. The topological polar surface area (TPSA) is 47.9 Å². The van der Waals surface area contributed by atoms with E-state index in [1.807, 2.05) is 36.6 Å². The molecule has 0 aliphatic rings.